The van der Waals surface area contributed by atoms with Crippen LogP contribution >= 0.6 is 0 Å². The normalized spacial score (nSPS) is 13.7. The van der Waals surface area contributed by atoms with Crippen LogP contribution in [0.2, 0.25) is 0 Å². The highest BCUT2D eigenvalue weighted by Crippen LogP contribution is 2.21. The lowest BCUT2D eigenvalue weighted by molar-refractivity contribution is -0.130. The molecule has 8 heteroatoms. The van der Waals surface area contributed by atoms with E-state index in [1.165, 1.54) is 0 Å². The maximum atomic E-state index is 12.0. The fraction of sp³-hybridized carbons (Fsp3) is 0.412. The number of rotatable bonds is 5. The second-order valence-corrected chi connectivity index (χ2v) is 6.07. The summed E-state index contributed by atoms with van der Waals surface area (Å²) in [4.78, 5) is 48.3. The first-order chi connectivity index (χ1) is 11.9. The van der Waals surface area contributed by atoms with Crippen molar-refractivity contribution in [2.24, 2.45) is 5.92 Å². The molecule has 134 valence electrons. The molecule has 0 atom stereocenters. The van der Waals surface area contributed by atoms with Gasteiger partial charge in [-0.15, -0.1) is 0 Å². The summed E-state index contributed by atoms with van der Waals surface area (Å²) in [6.45, 7) is 3.82. The van der Waals surface area contributed by atoms with E-state index in [-0.39, 0.29) is 24.3 Å². The molecule has 2 rings (SSSR count). The maximum Gasteiger partial charge on any atom is 0.257 e. The molecule has 0 spiro atoms. The van der Waals surface area contributed by atoms with Crippen LogP contribution in [0.1, 0.15) is 37.0 Å². The highest BCUT2D eigenvalue weighted by molar-refractivity contribution is 5.98. The largest absolute Gasteiger partial charge is 0.343 e. The number of amides is 4. The Morgan fingerprint density at radius 1 is 1.12 bits per heavy atom. The molecule has 3 N–H and O–H groups in total. The fourth-order valence-electron chi connectivity index (χ4n) is 2.30. The second kappa shape index (κ2) is 8.27. The Morgan fingerprint density at radius 3 is 2.36 bits per heavy atom. The van der Waals surface area contributed by atoms with Gasteiger partial charge in [-0.1, -0.05) is 13.8 Å². The van der Waals surface area contributed by atoms with Gasteiger partial charge in [-0.3, -0.25) is 30.0 Å². The molecule has 0 radical (unpaired) electrons. The van der Waals surface area contributed by atoms with Crippen molar-refractivity contribution < 1.29 is 19.2 Å². The predicted octanol–water partition coefficient (Wildman–Crippen LogP) is 0.347. The minimum atomic E-state index is -0.526. The Balaban J connectivity index is 1.81. The first-order valence-electron chi connectivity index (χ1n) is 8.16. The van der Waals surface area contributed by atoms with Crippen molar-refractivity contribution in [2.75, 3.05) is 18.0 Å². The van der Waals surface area contributed by atoms with Crippen molar-refractivity contribution in [1.82, 2.24) is 16.2 Å². The monoisotopic (exact) mass is 346 g/mol. The molecule has 0 unspecified atom stereocenters. The van der Waals surface area contributed by atoms with E-state index >= 15 is 0 Å². The molecule has 1 aliphatic rings. The molecule has 0 aromatic heterocycles. The molecule has 0 aliphatic carbocycles. The molecule has 0 bridgehead atoms. The Bertz CT molecular complexity index is 670. The first-order valence-corrected chi connectivity index (χ1v) is 8.16. The van der Waals surface area contributed by atoms with Crippen molar-refractivity contribution >= 4 is 29.3 Å². The van der Waals surface area contributed by atoms with Crippen molar-refractivity contribution in [3.05, 3.63) is 29.8 Å². The average molecular weight is 346 g/mol. The molecule has 0 saturated carbocycles. The SMILES string of the molecule is CC(C)C(=O)NNC(=O)CNC(=O)c1ccc(N2CCCC2=O)cc1. The number of hydrogen-bond acceptors (Lipinski definition) is 4. The minimum Gasteiger partial charge on any atom is -0.343 e. The van der Waals surface area contributed by atoms with Gasteiger partial charge in [-0.25, -0.2) is 0 Å². The number of benzene rings is 1. The Morgan fingerprint density at radius 2 is 1.80 bits per heavy atom. The Labute approximate surface area is 145 Å². The maximum absolute atomic E-state index is 12.0. The summed E-state index contributed by atoms with van der Waals surface area (Å²) in [6.07, 6.45) is 1.38. The lowest BCUT2D eigenvalue weighted by Gasteiger charge is -2.15. The number of hydrogen-bond donors (Lipinski definition) is 3. The summed E-state index contributed by atoms with van der Waals surface area (Å²) in [5, 5.41) is 2.47. The van der Waals surface area contributed by atoms with E-state index in [9.17, 15) is 19.2 Å². The molecule has 1 aromatic carbocycles. The number of carbonyl (C=O) groups excluding carboxylic acids is 4. The van der Waals surface area contributed by atoms with Gasteiger partial charge in [0.15, 0.2) is 0 Å². The van der Waals surface area contributed by atoms with Gasteiger partial charge in [0.2, 0.25) is 11.8 Å². The Kier molecular flexibility index (Phi) is 6.10. The van der Waals surface area contributed by atoms with Crippen molar-refractivity contribution in [3.8, 4) is 0 Å². The van der Waals surface area contributed by atoms with Gasteiger partial charge in [-0.2, -0.15) is 0 Å². The zero-order chi connectivity index (χ0) is 18.4. The van der Waals surface area contributed by atoms with Gasteiger partial charge < -0.3 is 10.2 Å². The average Bonchev–Trinajstić information content (AvgIpc) is 3.03. The number of nitrogens with one attached hydrogen (secondary N) is 3. The number of anilines is 1. The topological polar surface area (TPSA) is 108 Å². The molecule has 4 amide bonds. The standard InChI is InChI=1S/C17H22N4O4/c1-11(2)16(24)20-19-14(22)10-18-17(25)12-5-7-13(8-6-12)21-9-3-4-15(21)23/h5-8,11H,3-4,9-10H2,1-2H3,(H,18,25)(H,19,22)(H,20,24). The number of carbonyl (C=O) groups is 4. The third-order valence-electron chi connectivity index (χ3n) is 3.77. The smallest absolute Gasteiger partial charge is 0.257 e. The molecule has 1 fully saturated rings. The van der Waals surface area contributed by atoms with E-state index in [0.717, 1.165) is 12.1 Å². The summed E-state index contributed by atoms with van der Waals surface area (Å²) in [6, 6.07) is 6.63. The minimum absolute atomic E-state index is 0.0808. The predicted molar refractivity (Wildman–Crippen MR) is 91.5 cm³/mol. The van der Waals surface area contributed by atoms with E-state index in [4.69, 9.17) is 0 Å². The van der Waals surface area contributed by atoms with Crippen LogP contribution in [-0.2, 0) is 14.4 Å². The summed E-state index contributed by atoms with van der Waals surface area (Å²) in [7, 11) is 0. The summed E-state index contributed by atoms with van der Waals surface area (Å²) in [5.74, 6) is -1.42. The molecule has 1 saturated heterocycles. The van der Waals surface area contributed by atoms with Crippen LogP contribution < -0.4 is 21.1 Å². The van der Waals surface area contributed by atoms with Gasteiger partial charge in [0.25, 0.3) is 11.8 Å². The van der Waals surface area contributed by atoms with E-state index in [2.05, 4.69) is 16.2 Å². The van der Waals surface area contributed by atoms with Gasteiger partial charge in [0, 0.05) is 30.1 Å². The van der Waals surface area contributed by atoms with E-state index in [0.29, 0.717) is 18.5 Å². The van der Waals surface area contributed by atoms with Crippen LogP contribution in [0, 0.1) is 5.92 Å². The van der Waals surface area contributed by atoms with Crippen LogP contribution in [0.5, 0.6) is 0 Å². The van der Waals surface area contributed by atoms with Crippen molar-refractivity contribution in [3.63, 3.8) is 0 Å². The molecule has 1 aromatic rings. The van der Waals surface area contributed by atoms with E-state index < -0.39 is 11.8 Å². The molecule has 25 heavy (non-hydrogen) atoms. The summed E-state index contributed by atoms with van der Waals surface area (Å²) < 4.78 is 0. The van der Waals surface area contributed by atoms with Gasteiger partial charge in [-0.05, 0) is 30.7 Å². The lowest BCUT2D eigenvalue weighted by atomic mass is 10.2. The van der Waals surface area contributed by atoms with Crippen LogP contribution in [0.4, 0.5) is 5.69 Å². The third kappa shape index (κ3) is 5.03. The van der Waals surface area contributed by atoms with E-state index in [1.807, 2.05) is 0 Å². The van der Waals surface area contributed by atoms with Crippen molar-refractivity contribution in [2.45, 2.75) is 26.7 Å². The van der Waals surface area contributed by atoms with Gasteiger partial charge in [0.1, 0.15) is 0 Å². The van der Waals surface area contributed by atoms with Crippen LogP contribution in [0.15, 0.2) is 24.3 Å². The third-order valence-corrected chi connectivity index (χ3v) is 3.77. The number of hydrazine groups is 1. The van der Waals surface area contributed by atoms with E-state index in [1.54, 1.807) is 43.0 Å². The fourth-order valence-corrected chi connectivity index (χ4v) is 2.30. The molecular formula is C17H22N4O4. The quantitative estimate of drug-likeness (QED) is 0.669. The summed E-state index contributed by atoms with van der Waals surface area (Å²) >= 11 is 0. The molecule has 8 nitrogen and oxygen atoms in total. The van der Waals surface area contributed by atoms with Gasteiger partial charge in [0.05, 0.1) is 6.54 Å². The highest BCUT2D eigenvalue weighted by Gasteiger charge is 2.21. The van der Waals surface area contributed by atoms with Crippen LogP contribution in [-0.4, -0.2) is 36.7 Å². The molecule has 1 heterocycles. The lowest BCUT2D eigenvalue weighted by Crippen LogP contribution is -2.47. The zero-order valence-electron chi connectivity index (χ0n) is 14.3. The Hall–Kier alpha value is -2.90. The first kappa shape index (κ1) is 18.4. The molecule has 1 aliphatic heterocycles. The highest BCUT2D eigenvalue weighted by atomic mass is 16.2. The molecular weight excluding hydrogens is 324 g/mol. The van der Waals surface area contributed by atoms with Crippen LogP contribution in [0.25, 0.3) is 0 Å². The number of nitrogens with zero attached hydrogens (tertiary/aromatic N) is 1. The van der Waals surface area contributed by atoms with Gasteiger partial charge >= 0.3 is 0 Å². The van der Waals surface area contributed by atoms with Crippen molar-refractivity contribution in [1.29, 1.82) is 0 Å². The zero-order valence-corrected chi connectivity index (χ0v) is 14.3. The second-order valence-electron chi connectivity index (χ2n) is 6.07. The van der Waals surface area contributed by atoms with Crippen LogP contribution in [0.3, 0.4) is 0 Å². The summed E-state index contributed by atoms with van der Waals surface area (Å²) in [5.41, 5.74) is 5.63.